The third kappa shape index (κ3) is 4.80. The number of carbonyl (C=O) groups is 2. The number of morpholine rings is 1. The Balaban J connectivity index is 2.51. The second-order valence-electron chi connectivity index (χ2n) is 5.27. The van der Waals surface area contributed by atoms with Crippen LogP contribution < -0.4 is 5.73 Å². The van der Waals surface area contributed by atoms with Gasteiger partial charge in [0.2, 0.25) is 5.91 Å². The van der Waals surface area contributed by atoms with Gasteiger partial charge >= 0.3 is 5.97 Å². The number of hydrogen-bond acceptors (Lipinski definition) is 4. The summed E-state index contributed by atoms with van der Waals surface area (Å²) in [7, 11) is 0. The summed E-state index contributed by atoms with van der Waals surface area (Å²) in [6, 6.07) is -0.713. The quantitative estimate of drug-likeness (QED) is 0.732. The molecule has 3 unspecified atom stereocenters. The van der Waals surface area contributed by atoms with Crippen LogP contribution >= 0.6 is 0 Å². The van der Waals surface area contributed by atoms with E-state index < -0.39 is 12.0 Å². The van der Waals surface area contributed by atoms with Gasteiger partial charge in [-0.15, -0.1) is 0 Å². The van der Waals surface area contributed by atoms with E-state index in [4.69, 9.17) is 15.6 Å². The van der Waals surface area contributed by atoms with Crippen LogP contribution in [0.25, 0.3) is 0 Å². The van der Waals surface area contributed by atoms with Gasteiger partial charge in [-0.3, -0.25) is 4.79 Å². The highest BCUT2D eigenvalue weighted by atomic mass is 16.5. The van der Waals surface area contributed by atoms with Crippen LogP contribution in [0.1, 0.15) is 33.1 Å². The Hall–Kier alpha value is -1.14. The van der Waals surface area contributed by atoms with Gasteiger partial charge < -0.3 is 20.5 Å². The highest BCUT2D eigenvalue weighted by molar-refractivity contribution is 5.85. The van der Waals surface area contributed by atoms with E-state index in [1.807, 2.05) is 13.8 Å². The largest absolute Gasteiger partial charge is 0.480 e. The molecule has 1 fully saturated rings. The Morgan fingerprint density at radius 3 is 2.68 bits per heavy atom. The first kappa shape index (κ1) is 15.9. The van der Waals surface area contributed by atoms with Gasteiger partial charge in [-0.25, -0.2) is 4.79 Å². The van der Waals surface area contributed by atoms with Crippen LogP contribution in [0.3, 0.4) is 0 Å². The minimum Gasteiger partial charge on any atom is -0.480 e. The van der Waals surface area contributed by atoms with Crippen LogP contribution in [0.2, 0.25) is 0 Å². The van der Waals surface area contributed by atoms with Crippen molar-refractivity contribution in [2.24, 2.45) is 11.7 Å². The molecule has 6 heteroatoms. The lowest BCUT2D eigenvalue weighted by Crippen LogP contribution is -2.54. The predicted octanol–water partition coefficient (Wildman–Crippen LogP) is 0.452. The third-order valence-electron chi connectivity index (χ3n) is 3.41. The van der Waals surface area contributed by atoms with E-state index >= 15 is 0 Å². The van der Waals surface area contributed by atoms with Crippen molar-refractivity contribution in [1.82, 2.24) is 4.90 Å². The number of carbonyl (C=O) groups excluding carboxylic acids is 1. The van der Waals surface area contributed by atoms with Gasteiger partial charge in [0.15, 0.2) is 6.04 Å². The van der Waals surface area contributed by atoms with Crippen LogP contribution in [0.4, 0.5) is 0 Å². The average Bonchev–Trinajstić information content (AvgIpc) is 2.37. The zero-order valence-corrected chi connectivity index (χ0v) is 11.7. The number of carboxylic acid groups (broad SMARTS) is 1. The fraction of sp³-hybridized carbons (Fsp3) is 0.846. The fourth-order valence-corrected chi connectivity index (χ4v) is 2.22. The summed E-state index contributed by atoms with van der Waals surface area (Å²) in [6.45, 7) is 4.62. The van der Waals surface area contributed by atoms with E-state index in [9.17, 15) is 9.59 Å². The molecule has 110 valence electrons. The van der Waals surface area contributed by atoms with Crippen LogP contribution in [-0.4, -0.2) is 53.7 Å². The van der Waals surface area contributed by atoms with E-state index in [0.29, 0.717) is 13.2 Å². The normalized spacial score (nSPS) is 22.9. The highest BCUT2D eigenvalue weighted by Crippen LogP contribution is 2.16. The number of nitrogens with zero attached hydrogens (tertiary/aromatic N) is 1. The molecule has 19 heavy (non-hydrogen) atoms. The van der Waals surface area contributed by atoms with Gasteiger partial charge in [0.05, 0.1) is 13.2 Å². The molecule has 0 saturated carbocycles. The van der Waals surface area contributed by atoms with Gasteiger partial charge in [0, 0.05) is 18.5 Å². The van der Waals surface area contributed by atoms with E-state index in [1.54, 1.807) is 0 Å². The van der Waals surface area contributed by atoms with Crippen molar-refractivity contribution >= 4 is 11.9 Å². The topological polar surface area (TPSA) is 92.9 Å². The van der Waals surface area contributed by atoms with Crippen LogP contribution in [0.15, 0.2) is 0 Å². The summed E-state index contributed by atoms with van der Waals surface area (Å²) < 4.78 is 5.12. The number of aliphatic carboxylic acids is 1. The molecule has 0 aromatic rings. The van der Waals surface area contributed by atoms with E-state index in [1.165, 1.54) is 4.90 Å². The first-order chi connectivity index (χ1) is 8.93. The lowest BCUT2D eigenvalue weighted by Gasteiger charge is -2.34. The third-order valence-corrected chi connectivity index (χ3v) is 3.41. The molecule has 1 rings (SSSR count). The molecule has 0 radical (unpaired) electrons. The second-order valence-corrected chi connectivity index (χ2v) is 5.27. The molecule has 1 aliphatic rings. The predicted molar refractivity (Wildman–Crippen MR) is 70.6 cm³/mol. The monoisotopic (exact) mass is 272 g/mol. The summed E-state index contributed by atoms with van der Waals surface area (Å²) in [5, 5.41) is 9.10. The molecule has 1 aliphatic heterocycles. The number of ether oxygens (including phenoxy) is 1. The summed E-state index contributed by atoms with van der Waals surface area (Å²) in [5.41, 5.74) is 5.67. The van der Waals surface area contributed by atoms with Crippen LogP contribution in [-0.2, 0) is 14.3 Å². The summed E-state index contributed by atoms with van der Waals surface area (Å²) in [5.74, 6) is -1.27. The molecule has 0 aromatic heterocycles. The molecular weight excluding hydrogens is 248 g/mol. The molecule has 0 bridgehead atoms. The second kappa shape index (κ2) is 7.45. The Kier molecular flexibility index (Phi) is 6.24. The van der Waals surface area contributed by atoms with Crippen molar-refractivity contribution in [3.8, 4) is 0 Å². The summed E-state index contributed by atoms with van der Waals surface area (Å²) >= 11 is 0. The Morgan fingerprint density at radius 2 is 2.11 bits per heavy atom. The van der Waals surface area contributed by atoms with Gasteiger partial charge in [-0.1, -0.05) is 13.3 Å². The summed E-state index contributed by atoms with van der Waals surface area (Å²) in [6.07, 6.45) is 2.50. The smallest absolute Gasteiger partial charge is 0.328 e. The molecule has 1 saturated heterocycles. The van der Waals surface area contributed by atoms with Crippen molar-refractivity contribution in [1.29, 1.82) is 0 Å². The minimum atomic E-state index is -1.00. The van der Waals surface area contributed by atoms with Crippen molar-refractivity contribution in [3.05, 3.63) is 0 Å². The van der Waals surface area contributed by atoms with Gasteiger partial charge in [0.25, 0.3) is 0 Å². The number of carboxylic acids is 1. The maximum absolute atomic E-state index is 12.3. The molecule has 0 spiro atoms. The Bertz CT molecular complexity index is 320. The lowest BCUT2D eigenvalue weighted by molar-refractivity contribution is -0.160. The van der Waals surface area contributed by atoms with E-state index in [0.717, 1.165) is 19.3 Å². The standard InChI is InChI=1S/C13H24N2O4/c1-9(4-3-5-10(2)14)12(16)15-6-7-19-8-11(15)13(17)18/h9-11H,3-8,14H2,1-2H3,(H,17,18). The first-order valence-corrected chi connectivity index (χ1v) is 6.80. The van der Waals surface area contributed by atoms with E-state index in [2.05, 4.69) is 0 Å². The number of nitrogens with two attached hydrogens (primary N) is 1. The molecule has 1 heterocycles. The number of hydrogen-bond donors (Lipinski definition) is 2. The Labute approximate surface area is 113 Å². The molecule has 0 aliphatic carbocycles. The maximum Gasteiger partial charge on any atom is 0.328 e. The zero-order chi connectivity index (χ0) is 14.4. The van der Waals surface area contributed by atoms with Crippen LogP contribution in [0.5, 0.6) is 0 Å². The SMILES string of the molecule is CC(N)CCCC(C)C(=O)N1CCOCC1C(=O)O. The average molecular weight is 272 g/mol. The Morgan fingerprint density at radius 1 is 1.42 bits per heavy atom. The summed E-state index contributed by atoms with van der Waals surface area (Å²) in [4.78, 5) is 24.8. The van der Waals surface area contributed by atoms with Gasteiger partial charge in [-0.05, 0) is 19.8 Å². The van der Waals surface area contributed by atoms with Crippen molar-refractivity contribution in [3.63, 3.8) is 0 Å². The van der Waals surface area contributed by atoms with Gasteiger partial charge in [-0.2, -0.15) is 0 Å². The molecule has 3 N–H and O–H groups in total. The van der Waals surface area contributed by atoms with Crippen molar-refractivity contribution < 1.29 is 19.4 Å². The van der Waals surface area contributed by atoms with Crippen molar-refractivity contribution in [2.45, 2.75) is 45.2 Å². The molecule has 1 amide bonds. The van der Waals surface area contributed by atoms with Crippen LogP contribution in [0, 0.1) is 5.92 Å². The molecule has 3 atom stereocenters. The number of amides is 1. The number of rotatable bonds is 6. The van der Waals surface area contributed by atoms with Gasteiger partial charge in [0.1, 0.15) is 0 Å². The highest BCUT2D eigenvalue weighted by Gasteiger charge is 2.34. The molecular formula is C13H24N2O4. The first-order valence-electron chi connectivity index (χ1n) is 6.80. The molecule has 6 nitrogen and oxygen atoms in total. The van der Waals surface area contributed by atoms with Crippen molar-refractivity contribution in [2.75, 3.05) is 19.8 Å². The fourth-order valence-electron chi connectivity index (χ4n) is 2.22. The molecule has 0 aromatic carbocycles. The zero-order valence-electron chi connectivity index (χ0n) is 11.7. The van der Waals surface area contributed by atoms with E-state index in [-0.39, 0.29) is 24.5 Å². The maximum atomic E-state index is 12.3. The lowest BCUT2D eigenvalue weighted by atomic mass is 9.99. The minimum absolute atomic E-state index is 0.0770.